The zero-order valence-electron chi connectivity index (χ0n) is 13.6. The van der Waals surface area contributed by atoms with E-state index >= 15 is 0 Å². The number of hydrogen-bond acceptors (Lipinski definition) is 3. The highest BCUT2D eigenvalue weighted by atomic mass is 35.5. The van der Waals surface area contributed by atoms with Crippen LogP contribution in [-0.4, -0.2) is 40.3 Å². The van der Waals surface area contributed by atoms with Crippen molar-refractivity contribution in [2.45, 2.75) is 51.2 Å². The predicted molar refractivity (Wildman–Crippen MR) is 87.8 cm³/mol. The third-order valence-electron chi connectivity index (χ3n) is 3.82. The van der Waals surface area contributed by atoms with E-state index in [0.29, 0.717) is 24.4 Å². The SMILES string of the molecule is CC(C)(C)OC(=O)N1CC(c2cccc(Cl)c2)CCC1C(=O)O. The minimum atomic E-state index is -1.000. The van der Waals surface area contributed by atoms with E-state index in [2.05, 4.69) is 0 Å². The largest absolute Gasteiger partial charge is 0.480 e. The van der Waals surface area contributed by atoms with Crippen LogP contribution in [0.5, 0.6) is 0 Å². The van der Waals surface area contributed by atoms with Crippen LogP contribution in [0.1, 0.15) is 45.1 Å². The number of benzene rings is 1. The van der Waals surface area contributed by atoms with E-state index < -0.39 is 23.7 Å². The van der Waals surface area contributed by atoms with Crippen LogP contribution in [0, 0.1) is 0 Å². The predicted octanol–water partition coefficient (Wildman–Crippen LogP) is 3.91. The first-order valence-electron chi connectivity index (χ1n) is 7.65. The van der Waals surface area contributed by atoms with E-state index in [1.807, 2.05) is 18.2 Å². The highest BCUT2D eigenvalue weighted by molar-refractivity contribution is 6.30. The molecule has 1 aliphatic heterocycles. The quantitative estimate of drug-likeness (QED) is 0.887. The van der Waals surface area contributed by atoms with Crippen molar-refractivity contribution in [1.29, 1.82) is 0 Å². The lowest BCUT2D eigenvalue weighted by Gasteiger charge is -2.38. The van der Waals surface area contributed by atoms with Crippen LogP contribution in [0.25, 0.3) is 0 Å². The van der Waals surface area contributed by atoms with Crippen molar-refractivity contribution in [2.24, 2.45) is 0 Å². The molecular weight excluding hydrogens is 318 g/mol. The summed E-state index contributed by atoms with van der Waals surface area (Å²) >= 11 is 6.03. The maximum Gasteiger partial charge on any atom is 0.411 e. The number of amides is 1. The van der Waals surface area contributed by atoms with Crippen molar-refractivity contribution >= 4 is 23.7 Å². The second-order valence-electron chi connectivity index (χ2n) is 6.82. The van der Waals surface area contributed by atoms with Gasteiger partial charge in [0.25, 0.3) is 0 Å². The average Bonchev–Trinajstić information content (AvgIpc) is 2.44. The van der Waals surface area contributed by atoms with Crippen LogP contribution in [0.3, 0.4) is 0 Å². The number of nitrogens with zero attached hydrogens (tertiary/aromatic N) is 1. The van der Waals surface area contributed by atoms with Crippen LogP contribution in [-0.2, 0) is 9.53 Å². The molecule has 0 aliphatic carbocycles. The third kappa shape index (κ3) is 4.61. The van der Waals surface area contributed by atoms with Gasteiger partial charge in [-0.15, -0.1) is 0 Å². The van der Waals surface area contributed by atoms with Crippen molar-refractivity contribution in [3.63, 3.8) is 0 Å². The highest BCUT2D eigenvalue weighted by Gasteiger charge is 2.38. The molecule has 0 spiro atoms. The van der Waals surface area contributed by atoms with Gasteiger partial charge in [-0.1, -0.05) is 23.7 Å². The number of carboxylic acids is 1. The Bertz CT molecular complexity index is 597. The molecule has 2 atom stereocenters. The summed E-state index contributed by atoms with van der Waals surface area (Å²) in [6.07, 6.45) is 0.499. The van der Waals surface area contributed by atoms with Gasteiger partial charge in [0.15, 0.2) is 0 Å². The molecule has 2 rings (SSSR count). The lowest BCUT2D eigenvalue weighted by molar-refractivity contribution is -0.144. The van der Waals surface area contributed by atoms with E-state index in [0.717, 1.165) is 5.56 Å². The van der Waals surface area contributed by atoms with E-state index in [9.17, 15) is 14.7 Å². The molecule has 126 valence electrons. The Morgan fingerprint density at radius 3 is 2.57 bits per heavy atom. The summed E-state index contributed by atoms with van der Waals surface area (Å²) < 4.78 is 5.36. The van der Waals surface area contributed by atoms with E-state index in [1.165, 1.54) is 4.90 Å². The fourth-order valence-electron chi connectivity index (χ4n) is 2.78. The summed E-state index contributed by atoms with van der Waals surface area (Å²) in [4.78, 5) is 25.2. The normalized spacial score (nSPS) is 21.8. The molecule has 1 amide bonds. The van der Waals surface area contributed by atoms with Crippen LogP contribution < -0.4 is 0 Å². The Kier molecular flexibility index (Phi) is 5.19. The van der Waals surface area contributed by atoms with Gasteiger partial charge in [-0.3, -0.25) is 4.90 Å². The smallest absolute Gasteiger partial charge is 0.411 e. The van der Waals surface area contributed by atoms with Crippen LogP contribution >= 0.6 is 11.6 Å². The van der Waals surface area contributed by atoms with E-state index in [1.54, 1.807) is 26.8 Å². The Labute approximate surface area is 141 Å². The van der Waals surface area contributed by atoms with E-state index in [4.69, 9.17) is 16.3 Å². The number of rotatable bonds is 2. The number of hydrogen-bond donors (Lipinski definition) is 1. The summed E-state index contributed by atoms with van der Waals surface area (Å²) in [5.41, 5.74) is 0.346. The molecule has 2 unspecified atom stereocenters. The maximum absolute atomic E-state index is 12.4. The van der Waals surface area contributed by atoms with Crippen molar-refractivity contribution < 1.29 is 19.4 Å². The molecule has 5 nitrogen and oxygen atoms in total. The second-order valence-corrected chi connectivity index (χ2v) is 7.25. The van der Waals surface area contributed by atoms with Gasteiger partial charge in [-0.2, -0.15) is 0 Å². The number of halogens is 1. The Morgan fingerprint density at radius 2 is 2.00 bits per heavy atom. The molecule has 0 radical (unpaired) electrons. The zero-order valence-corrected chi connectivity index (χ0v) is 14.3. The molecule has 1 saturated heterocycles. The molecule has 6 heteroatoms. The summed E-state index contributed by atoms with van der Waals surface area (Å²) in [7, 11) is 0. The molecule has 0 aromatic heterocycles. The zero-order chi connectivity index (χ0) is 17.2. The molecule has 1 aromatic carbocycles. The third-order valence-corrected chi connectivity index (χ3v) is 4.05. The van der Waals surface area contributed by atoms with Gasteiger partial charge in [0, 0.05) is 17.5 Å². The first kappa shape index (κ1) is 17.6. The average molecular weight is 340 g/mol. The fourth-order valence-corrected chi connectivity index (χ4v) is 2.98. The first-order chi connectivity index (χ1) is 10.7. The Hall–Kier alpha value is -1.75. The van der Waals surface area contributed by atoms with Gasteiger partial charge in [0.2, 0.25) is 0 Å². The molecular formula is C17H22ClNO4. The summed E-state index contributed by atoms with van der Waals surface area (Å²) in [6.45, 7) is 5.60. The van der Waals surface area contributed by atoms with Crippen molar-refractivity contribution in [3.05, 3.63) is 34.9 Å². The molecule has 1 N–H and O–H groups in total. The lowest BCUT2D eigenvalue weighted by Crippen LogP contribution is -2.51. The number of carbonyl (C=O) groups excluding carboxylic acids is 1. The minimum absolute atomic E-state index is 0.0526. The Balaban J connectivity index is 2.20. The number of aliphatic carboxylic acids is 1. The number of carbonyl (C=O) groups is 2. The standard InChI is InChI=1S/C17H22ClNO4/c1-17(2,3)23-16(22)19-10-12(7-8-14(19)15(20)21)11-5-4-6-13(18)9-11/h4-6,9,12,14H,7-8,10H2,1-3H3,(H,20,21). The minimum Gasteiger partial charge on any atom is -0.480 e. The van der Waals surface area contributed by atoms with Gasteiger partial charge in [-0.05, 0) is 51.3 Å². The molecule has 23 heavy (non-hydrogen) atoms. The van der Waals surface area contributed by atoms with Crippen molar-refractivity contribution in [3.8, 4) is 0 Å². The molecule has 1 aromatic rings. The molecule has 1 fully saturated rings. The first-order valence-corrected chi connectivity index (χ1v) is 8.03. The molecule has 0 saturated carbocycles. The van der Waals surface area contributed by atoms with Gasteiger partial charge in [0.1, 0.15) is 11.6 Å². The molecule has 1 heterocycles. The van der Waals surface area contributed by atoms with Crippen LogP contribution in [0.4, 0.5) is 4.79 Å². The second kappa shape index (κ2) is 6.79. The number of piperidine rings is 1. The van der Waals surface area contributed by atoms with E-state index in [-0.39, 0.29) is 5.92 Å². The fraction of sp³-hybridized carbons (Fsp3) is 0.529. The topological polar surface area (TPSA) is 66.8 Å². The summed E-state index contributed by atoms with van der Waals surface area (Å²) in [5.74, 6) is -0.947. The van der Waals surface area contributed by atoms with Crippen LogP contribution in [0.2, 0.25) is 5.02 Å². The lowest BCUT2D eigenvalue weighted by atomic mass is 9.87. The van der Waals surface area contributed by atoms with Crippen molar-refractivity contribution in [2.75, 3.05) is 6.54 Å². The number of carboxylic acid groups (broad SMARTS) is 1. The van der Waals surface area contributed by atoms with Gasteiger partial charge in [0.05, 0.1) is 0 Å². The van der Waals surface area contributed by atoms with Crippen LogP contribution in [0.15, 0.2) is 24.3 Å². The maximum atomic E-state index is 12.4. The van der Waals surface area contributed by atoms with Gasteiger partial charge >= 0.3 is 12.1 Å². The monoisotopic (exact) mass is 339 g/mol. The number of ether oxygens (including phenoxy) is 1. The Morgan fingerprint density at radius 1 is 1.30 bits per heavy atom. The highest BCUT2D eigenvalue weighted by Crippen LogP contribution is 2.32. The molecule has 0 bridgehead atoms. The summed E-state index contributed by atoms with van der Waals surface area (Å²) in [6, 6.07) is 6.62. The summed E-state index contributed by atoms with van der Waals surface area (Å²) in [5, 5.41) is 10.0. The molecule has 1 aliphatic rings. The van der Waals surface area contributed by atoms with Crippen molar-refractivity contribution in [1.82, 2.24) is 4.90 Å². The number of likely N-dealkylation sites (tertiary alicyclic amines) is 1. The van der Waals surface area contributed by atoms with Gasteiger partial charge < -0.3 is 9.84 Å². The van der Waals surface area contributed by atoms with Gasteiger partial charge in [-0.25, -0.2) is 9.59 Å².